The van der Waals surface area contributed by atoms with Crippen LogP contribution >= 0.6 is 0 Å². The summed E-state index contributed by atoms with van der Waals surface area (Å²) in [7, 11) is 5.25. The van der Waals surface area contributed by atoms with Gasteiger partial charge in [0.15, 0.2) is 18.4 Å². The molecule has 0 aromatic rings. The molecule has 4 amide bonds. The zero-order chi connectivity index (χ0) is 50.1. The van der Waals surface area contributed by atoms with E-state index in [1.54, 1.807) is 21.0 Å². The first-order valence-corrected chi connectivity index (χ1v) is 22.3. The van der Waals surface area contributed by atoms with Crippen LogP contribution in [0.4, 0.5) is 0 Å². The minimum Gasteiger partial charge on any atom is -0.668 e. The van der Waals surface area contributed by atoms with Crippen molar-refractivity contribution in [2.45, 2.75) is 135 Å². The van der Waals surface area contributed by atoms with Crippen LogP contribution in [0.2, 0.25) is 0 Å². The zero-order valence-corrected chi connectivity index (χ0v) is 52.8. The molecular formula is C44H76N8NaO14W3-3. The molecule has 1 unspecified atom stereocenters. The number of aliphatic carboxylic acids is 1. The molecule has 2 fully saturated rings. The average Bonchev–Trinajstić information content (AvgIpc) is 3.24. The van der Waals surface area contributed by atoms with Gasteiger partial charge in [0, 0.05) is 101 Å². The Balaban J connectivity index is -0.000000317. The topological polar surface area (TPSA) is 322 Å². The molecular weight excluding hydrogens is 1440 g/mol. The fourth-order valence-electron chi connectivity index (χ4n) is 6.55. The van der Waals surface area contributed by atoms with Crippen molar-refractivity contribution >= 4 is 52.7 Å². The van der Waals surface area contributed by atoms with E-state index < -0.39 is 41.8 Å². The van der Waals surface area contributed by atoms with E-state index in [-0.39, 0.29) is 184 Å². The van der Waals surface area contributed by atoms with Crippen molar-refractivity contribution < 1.29 is 160 Å². The number of carbonyl (C=O) groups is 9. The minimum absolute atomic E-state index is 0. The van der Waals surface area contributed by atoms with Gasteiger partial charge < -0.3 is 100 Å². The van der Waals surface area contributed by atoms with Crippen LogP contribution in [0, 0.1) is 19.3 Å². The van der Waals surface area contributed by atoms with Crippen molar-refractivity contribution in [3.8, 4) is 0 Å². The normalized spacial score (nSPS) is 18.4. The number of likely N-dealkylation sites (N-methyl/N-ethyl adjacent to an activating group) is 2. The van der Waals surface area contributed by atoms with Gasteiger partial charge in [0.1, 0.15) is 23.4 Å². The standard InChI is InChI=1S/C21H36N3O7.C13H23N3O5.C10H19N2O2.Na.3W/c1-15(25)10-17(24-16(2)26)20(27)23-9-5-7-19-30-13-21(14-31-19)11-28-18(29-12-21)6-4-8-22-3;1-8(17)9(3-5-12(14)19)16-7-11(18)10(15-2)4-6-13(20)21;1-8(13)10(11-3)6-4-5-7-12-9(2)14;;;;/h17-19,22H,2,4-14H2,1,3H3,(H,23,27)(H,24,26);9-10,15-16H,3-7H2,1-2H3,(H3,14,19,20,21);10-11H,2,4-7H2,1,3H3,(H,12,14);;;;/q-1;;-1;+1;;;/p-2/t;9-,10-;10-;;;;/m.00..../s1. The van der Waals surface area contributed by atoms with Crippen LogP contribution in [-0.4, -0.2) is 163 Å². The fourth-order valence-corrected chi connectivity index (χ4v) is 6.55. The Morgan fingerprint density at radius 1 is 0.643 bits per heavy atom. The second-order valence-corrected chi connectivity index (χ2v) is 16.3. The first kappa shape index (κ1) is 77.4. The molecule has 2 rings (SSSR count). The largest absolute Gasteiger partial charge is 1.00 e. The third-order valence-electron chi connectivity index (χ3n) is 10.4. The van der Waals surface area contributed by atoms with E-state index in [2.05, 4.69) is 51.1 Å². The van der Waals surface area contributed by atoms with Crippen molar-refractivity contribution in [1.29, 1.82) is 0 Å². The Labute approximate surface area is 479 Å². The van der Waals surface area contributed by atoms with Crippen molar-refractivity contribution in [1.82, 2.24) is 37.2 Å². The van der Waals surface area contributed by atoms with Gasteiger partial charge in [-0.1, -0.05) is 0 Å². The molecule has 0 radical (unpaired) electrons. The molecule has 2 aliphatic heterocycles. The molecule has 4 atom stereocenters. The van der Waals surface area contributed by atoms with Crippen molar-refractivity contribution in [2.24, 2.45) is 5.41 Å². The predicted octanol–water partition coefficient (Wildman–Crippen LogP) is -4.23. The van der Waals surface area contributed by atoms with Crippen molar-refractivity contribution in [2.75, 3.05) is 73.7 Å². The predicted molar refractivity (Wildman–Crippen MR) is 241 cm³/mol. The molecule has 0 aliphatic carbocycles. The van der Waals surface area contributed by atoms with Crippen molar-refractivity contribution in [3.63, 3.8) is 0 Å². The number of rotatable bonds is 31. The van der Waals surface area contributed by atoms with Gasteiger partial charge in [-0.05, 0) is 113 Å². The molecule has 8 N–H and O–H groups in total. The monoisotopic (exact) mass is 1520 g/mol. The van der Waals surface area contributed by atoms with Gasteiger partial charge in [0.2, 0.25) is 5.91 Å². The maximum atomic E-state index is 12.2. The number of amides is 4. The molecule has 0 bridgehead atoms. The molecule has 1 spiro atoms. The van der Waals surface area contributed by atoms with Crippen LogP contribution in [-0.2, 0) is 125 Å². The number of ketones is 4. The van der Waals surface area contributed by atoms with E-state index in [0.29, 0.717) is 52.4 Å². The molecule has 0 aromatic carbocycles. The summed E-state index contributed by atoms with van der Waals surface area (Å²) in [5.41, 5.74) is 6.54. The van der Waals surface area contributed by atoms with Crippen LogP contribution < -0.4 is 71.9 Å². The van der Waals surface area contributed by atoms with Crippen LogP contribution in [0.3, 0.4) is 0 Å². The number of carboxylic acids is 1. The summed E-state index contributed by atoms with van der Waals surface area (Å²) < 4.78 is 23.4. The summed E-state index contributed by atoms with van der Waals surface area (Å²) in [6.07, 6.45) is 5.12. The molecule has 26 heteroatoms. The number of ether oxygens (including phenoxy) is 4. The van der Waals surface area contributed by atoms with Crippen LogP contribution in [0.15, 0.2) is 0 Å². The third-order valence-corrected chi connectivity index (χ3v) is 10.4. The number of hydrogen-bond donors (Lipinski definition) is 7. The van der Waals surface area contributed by atoms with E-state index in [1.165, 1.54) is 13.8 Å². The maximum absolute atomic E-state index is 12.2. The molecule has 0 aromatic heterocycles. The fraction of sp³-hybridized carbons (Fsp3) is 0.750. The molecule has 70 heavy (non-hydrogen) atoms. The van der Waals surface area contributed by atoms with E-state index in [0.717, 1.165) is 38.6 Å². The van der Waals surface area contributed by atoms with Gasteiger partial charge in [-0.3, -0.25) is 24.0 Å². The SMILES string of the molecule is CN[C@@H](CCC(=O)[O-])C(=O)CN[C@@H](CCC([NH-])=O)C(C)=O.[CH2-]C(=O)NC(CC(C)=O)C(=O)NCCCC1OCC2(COC(CCCNC)OC2)CO1.[CH2-]C(=O)NCCCC[C@H](NC)C(C)=O.[Na+].[W].[W].[W]. The van der Waals surface area contributed by atoms with Gasteiger partial charge in [0.05, 0.1) is 68.3 Å². The maximum Gasteiger partial charge on any atom is 1.00 e. The summed E-state index contributed by atoms with van der Waals surface area (Å²) in [6.45, 7) is 14.6. The first-order chi connectivity index (χ1) is 31.2. The Morgan fingerprint density at radius 2 is 1.13 bits per heavy atom. The quantitative estimate of drug-likeness (QED) is 0.0197. The van der Waals surface area contributed by atoms with E-state index in [4.69, 9.17) is 24.7 Å². The minimum atomic E-state index is -1.23. The van der Waals surface area contributed by atoms with Gasteiger partial charge in [-0.25, -0.2) is 0 Å². The van der Waals surface area contributed by atoms with Crippen LogP contribution in [0.1, 0.15) is 97.8 Å². The summed E-state index contributed by atoms with van der Waals surface area (Å²) in [5, 5.41) is 29.6. The Bertz CT molecular complexity index is 1510. The third kappa shape index (κ3) is 39.0. The second kappa shape index (κ2) is 46.1. The summed E-state index contributed by atoms with van der Waals surface area (Å²) in [4.78, 5) is 100. The van der Waals surface area contributed by atoms with Crippen molar-refractivity contribution in [3.05, 3.63) is 19.6 Å². The van der Waals surface area contributed by atoms with E-state index in [9.17, 15) is 48.3 Å². The molecule has 2 heterocycles. The van der Waals surface area contributed by atoms with Gasteiger partial charge in [-0.15, -0.1) is 0 Å². The number of unbranched alkanes of at least 4 members (excludes halogenated alkanes) is 1. The number of Topliss-reactive ketones (excluding diaryl/α,β-unsaturated/α-hetero) is 4. The van der Waals surface area contributed by atoms with Gasteiger partial charge >= 0.3 is 29.6 Å². The Kier molecular flexibility index (Phi) is 51.0. The zero-order valence-electron chi connectivity index (χ0n) is 42.0. The number of hydrogen-bond acceptors (Lipinski definition) is 18. The molecule has 2 saturated heterocycles. The summed E-state index contributed by atoms with van der Waals surface area (Å²) in [6, 6.07) is -2.26. The Morgan fingerprint density at radius 3 is 1.54 bits per heavy atom. The van der Waals surface area contributed by atoms with Gasteiger partial charge in [-0.2, -0.15) is 0 Å². The molecule has 398 valence electrons. The number of carbonyl (C=O) groups excluding carboxylic acids is 9. The van der Waals surface area contributed by atoms with E-state index >= 15 is 0 Å². The molecule has 2 aliphatic rings. The van der Waals surface area contributed by atoms with Gasteiger partial charge in [0.25, 0.3) is 0 Å². The Hall–Kier alpha value is -1.49. The number of carboxylic acid groups (broad SMARTS) is 1. The second-order valence-electron chi connectivity index (χ2n) is 16.3. The number of nitrogens with one attached hydrogen (secondary N) is 8. The van der Waals surface area contributed by atoms with Crippen LogP contribution in [0.5, 0.6) is 0 Å². The average molecular weight is 1520 g/mol. The van der Waals surface area contributed by atoms with Crippen LogP contribution in [0.25, 0.3) is 5.73 Å². The molecule has 0 saturated carbocycles. The van der Waals surface area contributed by atoms with E-state index in [1.807, 2.05) is 7.05 Å². The first-order valence-electron chi connectivity index (χ1n) is 22.3. The molecule has 22 nitrogen and oxygen atoms in total. The summed E-state index contributed by atoms with van der Waals surface area (Å²) in [5.74, 6) is -3.77. The smallest absolute Gasteiger partial charge is 0.668 e. The summed E-state index contributed by atoms with van der Waals surface area (Å²) >= 11 is 0.